The number of nitrogens with two attached hydrogens (primary N) is 4. The third kappa shape index (κ3) is 23.5. The molecule has 19 N–H and O–H groups in total. The molecule has 24 heteroatoms. The zero-order valence-electron chi connectivity index (χ0n) is 45.7. The summed E-state index contributed by atoms with van der Waals surface area (Å²) in [5, 5.41) is 45.2. The molecule has 1 saturated heterocycles. The summed E-state index contributed by atoms with van der Waals surface area (Å²) in [4.78, 5) is 127. The van der Waals surface area contributed by atoms with E-state index in [-0.39, 0.29) is 83.5 Å². The van der Waals surface area contributed by atoms with Crippen LogP contribution in [0.1, 0.15) is 116 Å². The van der Waals surface area contributed by atoms with Crippen molar-refractivity contribution in [1.82, 2.24) is 47.9 Å². The standard InChI is InChI=1S/C54H87N13O11/c1-5-6-7-8-12-15-37(69)31-45(70)60-43(30-35-16-18-36(58)19-17-35)52(76)64-41-23-27-59-54(78)46(33(4)68)67-50(74)40(22-26-57)62-47(71)38(20-24-55)63-51(75)42(28-32(2)3)65-53(77)44(29-34-13-10-9-11-14-34)66-48(72)39(21-25-56)61-49(41)73/h9-11,13-14,16-19,32-33,37-44,46,68-69H,5-8,12,15,20-31,55-58H2,1-4H3,(H,59,78)(H,60,70)(H,61,73)(H,62,71)(H,63,75)(H,64,76)(H,65,77)(H,66,72)(H,67,74)/t33-,37-,38+,39+,40+,41+,42+,43-,44-,46+/m1/s1. The molecule has 1 fully saturated rings. The van der Waals surface area contributed by atoms with E-state index in [4.69, 9.17) is 22.9 Å². The number of anilines is 1. The Bertz CT molecular complexity index is 2240. The Morgan fingerprint density at radius 2 is 1.14 bits per heavy atom. The Hall–Kier alpha value is -6.73. The Kier molecular flexibility index (Phi) is 29.3. The molecule has 0 aromatic heterocycles. The van der Waals surface area contributed by atoms with Gasteiger partial charge < -0.3 is 81.0 Å². The fourth-order valence-electron chi connectivity index (χ4n) is 8.73. The number of nitrogens with one attached hydrogen (secondary N) is 9. The number of aliphatic hydroxyl groups excluding tert-OH is 2. The fourth-order valence-corrected chi connectivity index (χ4v) is 8.73. The molecule has 1 aliphatic heterocycles. The minimum atomic E-state index is -1.63. The molecule has 78 heavy (non-hydrogen) atoms. The van der Waals surface area contributed by atoms with E-state index in [9.17, 15) is 53.4 Å². The molecule has 0 radical (unpaired) electrons. The van der Waals surface area contributed by atoms with Gasteiger partial charge in [-0.2, -0.15) is 0 Å². The van der Waals surface area contributed by atoms with Gasteiger partial charge in [0.05, 0.1) is 18.6 Å². The number of hydrogen-bond acceptors (Lipinski definition) is 15. The molecule has 0 aliphatic carbocycles. The van der Waals surface area contributed by atoms with Crippen molar-refractivity contribution < 1.29 is 53.4 Å². The number of amides is 9. The average Bonchev–Trinajstić information content (AvgIpc) is 3.39. The molecule has 10 atom stereocenters. The summed E-state index contributed by atoms with van der Waals surface area (Å²) in [5.74, 6) is -7.71. The van der Waals surface area contributed by atoms with Crippen LogP contribution < -0.4 is 70.8 Å². The van der Waals surface area contributed by atoms with Crippen LogP contribution in [0.5, 0.6) is 0 Å². The Morgan fingerprint density at radius 1 is 0.628 bits per heavy atom. The zero-order chi connectivity index (χ0) is 57.7. The molecule has 1 aliphatic rings. The first kappa shape index (κ1) is 65.6. The van der Waals surface area contributed by atoms with Crippen molar-refractivity contribution in [1.29, 1.82) is 0 Å². The number of aliphatic hydroxyl groups is 2. The number of carbonyl (C=O) groups is 9. The first-order valence-electron chi connectivity index (χ1n) is 27.2. The smallest absolute Gasteiger partial charge is 0.245 e. The SMILES string of the molecule is CCCCCCC[C@@H](O)CC(=O)N[C@H](Cc1ccc(N)cc1)C(=O)N[C@H]1CCNC(=O)[C@H]([C@@H](C)O)NC(=O)[C@H](CCN)NC(=O)[C@H](CCN)NC(=O)[C@H](CC(C)C)NC(=O)[C@@H](Cc2ccccc2)NC(=O)[C@H](CCN)NC1=O. The van der Waals surface area contributed by atoms with Crippen molar-refractivity contribution in [3.05, 3.63) is 65.7 Å². The molecule has 0 unspecified atom stereocenters. The van der Waals surface area contributed by atoms with Crippen LogP contribution >= 0.6 is 0 Å². The maximum absolute atomic E-state index is 14.6. The largest absolute Gasteiger partial charge is 0.399 e. The molecule has 3 rings (SSSR count). The number of nitrogen functional groups attached to an aromatic ring is 1. The van der Waals surface area contributed by atoms with Crippen LogP contribution in [0.15, 0.2) is 54.6 Å². The van der Waals surface area contributed by atoms with E-state index in [0.29, 0.717) is 29.7 Å². The van der Waals surface area contributed by atoms with Gasteiger partial charge in [0.15, 0.2) is 0 Å². The summed E-state index contributed by atoms with van der Waals surface area (Å²) >= 11 is 0. The van der Waals surface area contributed by atoms with E-state index in [0.717, 1.165) is 25.7 Å². The minimum Gasteiger partial charge on any atom is -0.399 e. The van der Waals surface area contributed by atoms with E-state index in [1.54, 1.807) is 54.6 Å². The van der Waals surface area contributed by atoms with Crippen LogP contribution in [0.4, 0.5) is 5.69 Å². The van der Waals surface area contributed by atoms with E-state index >= 15 is 0 Å². The predicted octanol–water partition coefficient (Wildman–Crippen LogP) is -1.96. The molecule has 434 valence electrons. The van der Waals surface area contributed by atoms with Gasteiger partial charge in [0.2, 0.25) is 53.2 Å². The molecule has 24 nitrogen and oxygen atoms in total. The molecule has 0 spiro atoms. The molecule has 1 heterocycles. The Balaban J connectivity index is 2.13. The topological polar surface area (TPSA) is 406 Å². The lowest BCUT2D eigenvalue weighted by molar-refractivity contribution is -0.136. The van der Waals surface area contributed by atoms with Crippen LogP contribution in [-0.2, 0) is 56.0 Å². The number of rotatable bonds is 24. The molecule has 2 aromatic carbocycles. The van der Waals surface area contributed by atoms with Gasteiger partial charge in [-0.15, -0.1) is 0 Å². The Morgan fingerprint density at radius 3 is 1.69 bits per heavy atom. The lowest BCUT2D eigenvalue weighted by Gasteiger charge is -2.28. The molecular weight excluding hydrogens is 1010 g/mol. The van der Waals surface area contributed by atoms with E-state index < -0.39 is 114 Å². The van der Waals surface area contributed by atoms with Crippen LogP contribution in [0.3, 0.4) is 0 Å². The fraction of sp³-hybridized carbons (Fsp3) is 0.611. The van der Waals surface area contributed by atoms with Crippen LogP contribution in [0, 0.1) is 5.92 Å². The minimum absolute atomic E-state index is 0.0756. The van der Waals surface area contributed by atoms with Crippen molar-refractivity contribution in [2.45, 2.75) is 178 Å². The van der Waals surface area contributed by atoms with E-state index in [1.807, 2.05) is 13.8 Å². The maximum Gasteiger partial charge on any atom is 0.245 e. The van der Waals surface area contributed by atoms with Gasteiger partial charge >= 0.3 is 0 Å². The number of hydrogen-bond donors (Lipinski definition) is 15. The zero-order valence-corrected chi connectivity index (χ0v) is 45.7. The number of unbranched alkanes of at least 4 members (excludes halogenated alkanes) is 4. The van der Waals surface area contributed by atoms with E-state index in [2.05, 4.69) is 54.8 Å². The summed E-state index contributed by atoms with van der Waals surface area (Å²) in [7, 11) is 0. The van der Waals surface area contributed by atoms with E-state index in [1.165, 1.54) is 6.92 Å². The summed E-state index contributed by atoms with van der Waals surface area (Å²) in [5.41, 5.74) is 25.3. The normalized spacial score (nSPS) is 22.7. The summed E-state index contributed by atoms with van der Waals surface area (Å²) in [6, 6.07) is 3.94. The van der Waals surface area contributed by atoms with Gasteiger partial charge in [-0.1, -0.05) is 95.3 Å². The van der Waals surface area contributed by atoms with Crippen molar-refractivity contribution in [3.63, 3.8) is 0 Å². The average molecular weight is 1090 g/mol. The predicted molar refractivity (Wildman–Crippen MR) is 294 cm³/mol. The summed E-state index contributed by atoms with van der Waals surface area (Å²) < 4.78 is 0. The second-order valence-corrected chi connectivity index (χ2v) is 20.4. The third-order valence-corrected chi connectivity index (χ3v) is 13.1. The van der Waals surface area contributed by atoms with Crippen molar-refractivity contribution in [2.75, 3.05) is 31.9 Å². The highest BCUT2D eigenvalue weighted by molar-refractivity contribution is 5.98. The lowest BCUT2D eigenvalue weighted by Crippen LogP contribution is -2.61. The lowest BCUT2D eigenvalue weighted by atomic mass is 10.00. The second-order valence-electron chi connectivity index (χ2n) is 20.4. The van der Waals surface area contributed by atoms with Crippen molar-refractivity contribution >= 4 is 58.9 Å². The molecular formula is C54H87N13O11. The number of carbonyl (C=O) groups excluding carboxylic acids is 9. The first-order chi connectivity index (χ1) is 37.2. The van der Waals surface area contributed by atoms with Crippen LogP contribution in [0.25, 0.3) is 0 Å². The third-order valence-electron chi connectivity index (χ3n) is 13.1. The molecule has 0 bridgehead atoms. The van der Waals surface area contributed by atoms with Gasteiger partial charge in [0, 0.05) is 25.1 Å². The highest BCUT2D eigenvalue weighted by atomic mass is 16.3. The second kappa shape index (κ2) is 34.9. The van der Waals surface area contributed by atoms with Crippen molar-refractivity contribution in [2.24, 2.45) is 23.1 Å². The van der Waals surface area contributed by atoms with Crippen LogP contribution in [-0.4, -0.2) is 150 Å². The molecule has 2 aromatic rings. The first-order valence-corrected chi connectivity index (χ1v) is 27.2. The molecule has 9 amide bonds. The highest BCUT2D eigenvalue weighted by Crippen LogP contribution is 2.14. The van der Waals surface area contributed by atoms with Gasteiger partial charge in [-0.05, 0) is 94.3 Å². The quantitative estimate of drug-likeness (QED) is 0.0401. The van der Waals surface area contributed by atoms with Gasteiger partial charge in [0.25, 0.3) is 0 Å². The number of benzene rings is 2. The highest BCUT2D eigenvalue weighted by Gasteiger charge is 2.36. The summed E-state index contributed by atoms with van der Waals surface area (Å²) in [6.07, 6.45) is 1.34. The van der Waals surface area contributed by atoms with Gasteiger partial charge in [-0.3, -0.25) is 43.2 Å². The summed E-state index contributed by atoms with van der Waals surface area (Å²) in [6.45, 7) is 6.21. The molecule has 0 saturated carbocycles. The monoisotopic (exact) mass is 1090 g/mol. The maximum atomic E-state index is 14.6. The van der Waals surface area contributed by atoms with Crippen molar-refractivity contribution in [3.8, 4) is 0 Å². The van der Waals surface area contributed by atoms with Gasteiger partial charge in [-0.25, -0.2) is 0 Å². The Labute approximate surface area is 457 Å². The van der Waals surface area contributed by atoms with Crippen LogP contribution in [0.2, 0.25) is 0 Å². The van der Waals surface area contributed by atoms with Gasteiger partial charge in [0.1, 0.15) is 48.3 Å².